The molecule has 3 aliphatic heterocycles. The highest BCUT2D eigenvalue weighted by Crippen LogP contribution is 2.34. The number of amides is 5. The summed E-state index contributed by atoms with van der Waals surface area (Å²) in [4.78, 5) is 59.8. The van der Waals surface area contributed by atoms with E-state index in [1.165, 1.54) is 25.2 Å². The van der Waals surface area contributed by atoms with Crippen LogP contribution >= 0.6 is 0 Å². The van der Waals surface area contributed by atoms with Crippen LogP contribution in [0.15, 0.2) is 54.7 Å². The Bertz CT molecular complexity index is 2140. The Kier molecular flexibility index (Phi) is 11.6. The number of carbonyl (C=O) groups is 4. The van der Waals surface area contributed by atoms with Gasteiger partial charge in [-0.15, -0.1) is 0 Å². The zero-order valence-electron chi connectivity index (χ0n) is 31.8. The molecule has 3 fully saturated rings. The van der Waals surface area contributed by atoms with Gasteiger partial charge < -0.3 is 24.6 Å². The lowest BCUT2D eigenvalue weighted by molar-refractivity contribution is -0.141. The van der Waals surface area contributed by atoms with Gasteiger partial charge >= 0.3 is 12.2 Å². The number of nitrogens with one attached hydrogen (secondary N) is 2. The summed E-state index contributed by atoms with van der Waals surface area (Å²) in [5.74, 6) is 0.119. The van der Waals surface area contributed by atoms with Gasteiger partial charge in [0, 0.05) is 62.4 Å². The molecule has 5 heterocycles. The highest BCUT2D eigenvalue weighted by Gasteiger charge is 2.33. The number of nitrogens with zero attached hydrogens (tertiary/aromatic N) is 6. The first kappa shape index (κ1) is 39.5. The van der Waals surface area contributed by atoms with Crippen LogP contribution in [0.4, 0.5) is 29.3 Å². The van der Waals surface area contributed by atoms with Crippen LogP contribution in [0, 0.1) is 5.92 Å². The van der Waals surface area contributed by atoms with Crippen LogP contribution in [0.3, 0.4) is 0 Å². The Hall–Kier alpha value is -5.71. The van der Waals surface area contributed by atoms with Crippen molar-refractivity contribution in [2.75, 3.05) is 63.7 Å². The minimum absolute atomic E-state index is 0.0864. The molecular formula is C40H45F3N8O6. The number of piperidine rings is 2. The lowest BCUT2D eigenvalue weighted by atomic mass is 9.91. The van der Waals surface area contributed by atoms with Crippen molar-refractivity contribution in [2.45, 2.75) is 57.2 Å². The topological polar surface area (TPSA) is 151 Å². The predicted octanol–water partition coefficient (Wildman–Crippen LogP) is 6.14. The maximum atomic E-state index is 13.5. The molecule has 0 bridgehead atoms. The second kappa shape index (κ2) is 16.8. The van der Waals surface area contributed by atoms with Crippen LogP contribution in [-0.4, -0.2) is 102 Å². The van der Waals surface area contributed by atoms with E-state index in [1.807, 2.05) is 15.8 Å². The van der Waals surface area contributed by atoms with E-state index < -0.39 is 23.8 Å². The summed E-state index contributed by atoms with van der Waals surface area (Å²) in [7, 11) is 2.95. The fourth-order valence-corrected chi connectivity index (χ4v) is 7.88. The first-order valence-corrected chi connectivity index (χ1v) is 19.1. The van der Waals surface area contributed by atoms with Crippen LogP contribution in [0.25, 0.3) is 10.9 Å². The number of carbonyl (C=O) groups excluding carboxylic acids is 4. The summed E-state index contributed by atoms with van der Waals surface area (Å²) in [5, 5.41) is 10.5. The molecule has 14 nitrogen and oxygen atoms in total. The Morgan fingerprint density at radius 3 is 2.39 bits per heavy atom. The summed E-state index contributed by atoms with van der Waals surface area (Å²) in [6, 6.07) is 11.3. The molecular weight excluding hydrogens is 745 g/mol. The number of hydrogen-bond acceptors (Lipinski definition) is 9. The molecule has 2 N–H and O–H groups in total. The third kappa shape index (κ3) is 8.98. The molecule has 0 saturated carbocycles. The van der Waals surface area contributed by atoms with Crippen molar-refractivity contribution in [3.8, 4) is 11.5 Å². The molecule has 2 aromatic heterocycles. The van der Waals surface area contributed by atoms with E-state index in [9.17, 15) is 32.3 Å². The quantitative estimate of drug-likeness (QED) is 0.183. The number of benzene rings is 2. The standard InChI is InChI=1S/C40H45F3N8O6/c1-56-33-9-8-26(22-32(33)50-20-14-36(52)46-39(50)55)38(54)49-18-10-25(11-19-49)5-4-15-48-16-12-28(13-17-48)51-24-27-21-31(34(57-2)23-30(27)47-51)45-37(53)29-6-3-7-35(44-29)40(41,42)43/h3,6-9,21-25,28H,4-5,10-20H2,1-2H3,(H,45,53)(H,46,52,55). The third-order valence-electron chi connectivity index (χ3n) is 11.1. The largest absolute Gasteiger partial charge is 0.495 e. The van der Waals surface area contributed by atoms with E-state index in [4.69, 9.17) is 14.6 Å². The molecule has 57 heavy (non-hydrogen) atoms. The van der Waals surface area contributed by atoms with Gasteiger partial charge in [0.15, 0.2) is 0 Å². The normalized spacial score (nSPS) is 17.5. The van der Waals surface area contributed by atoms with E-state index in [0.717, 1.165) is 75.7 Å². The Labute approximate surface area is 327 Å². The van der Waals surface area contributed by atoms with Gasteiger partial charge in [-0.1, -0.05) is 6.07 Å². The summed E-state index contributed by atoms with van der Waals surface area (Å²) in [5.41, 5.74) is 0.409. The first-order valence-electron chi connectivity index (χ1n) is 19.1. The molecule has 0 unspecified atom stereocenters. The van der Waals surface area contributed by atoms with E-state index in [1.54, 1.807) is 30.3 Å². The number of hydrogen-bond donors (Lipinski definition) is 2. The smallest absolute Gasteiger partial charge is 0.433 e. The Morgan fingerprint density at radius 1 is 0.930 bits per heavy atom. The molecule has 0 radical (unpaired) electrons. The summed E-state index contributed by atoms with van der Waals surface area (Å²) in [6.45, 7) is 4.41. The number of pyridine rings is 1. The molecule has 4 aromatic rings. The van der Waals surface area contributed by atoms with E-state index in [2.05, 4.69) is 20.5 Å². The second-order valence-electron chi connectivity index (χ2n) is 14.7. The molecule has 2 aromatic carbocycles. The van der Waals surface area contributed by atoms with E-state index >= 15 is 0 Å². The van der Waals surface area contributed by atoms with Crippen LogP contribution in [0.5, 0.6) is 11.5 Å². The highest BCUT2D eigenvalue weighted by molar-refractivity contribution is 6.07. The van der Waals surface area contributed by atoms with Crippen molar-refractivity contribution in [1.82, 2.24) is 29.9 Å². The highest BCUT2D eigenvalue weighted by atomic mass is 19.4. The molecule has 3 saturated heterocycles. The molecule has 17 heteroatoms. The van der Waals surface area contributed by atoms with E-state index in [0.29, 0.717) is 53.0 Å². The lowest BCUT2D eigenvalue weighted by Crippen LogP contribution is -2.49. The van der Waals surface area contributed by atoms with Gasteiger partial charge in [0.05, 0.1) is 37.2 Å². The lowest BCUT2D eigenvalue weighted by Gasteiger charge is -2.34. The number of likely N-dealkylation sites (tertiary alicyclic amines) is 2. The van der Waals surface area contributed by atoms with Gasteiger partial charge in [0.25, 0.3) is 11.8 Å². The van der Waals surface area contributed by atoms with E-state index in [-0.39, 0.29) is 36.5 Å². The fourth-order valence-electron chi connectivity index (χ4n) is 7.88. The number of alkyl halides is 3. The van der Waals surface area contributed by atoms with Crippen LogP contribution in [0.1, 0.15) is 77.5 Å². The van der Waals surface area contributed by atoms with Gasteiger partial charge in [-0.25, -0.2) is 9.78 Å². The molecule has 0 spiro atoms. The summed E-state index contributed by atoms with van der Waals surface area (Å²) in [6.07, 6.45) is 3.29. The Morgan fingerprint density at radius 2 is 1.68 bits per heavy atom. The molecule has 3 aliphatic rings. The number of imide groups is 1. The summed E-state index contributed by atoms with van der Waals surface area (Å²) >= 11 is 0. The minimum atomic E-state index is -4.67. The maximum Gasteiger partial charge on any atom is 0.433 e. The number of fused-ring (bicyclic) bond motifs is 1. The van der Waals surface area contributed by atoms with Gasteiger partial charge in [-0.3, -0.25) is 29.3 Å². The Balaban J connectivity index is 0.868. The monoisotopic (exact) mass is 790 g/mol. The number of aromatic nitrogens is 3. The SMILES string of the molecule is COc1cc2nn(C3CCN(CCCC4CCN(C(=O)c5ccc(OC)c(N6CCC(=O)NC6=O)c5)CC4)CC3)cc2cc1NC(=O)c1cccc(C(F)(F)F)n1. The summed E-state index contributed by atoms with van der Waals surface area (Å²) < 4.78 is 52.3. The van der Waals surface area contributed by atoms with Crippen molar-refractivity contribution < 1.29 is 41.8 Å². The number of ether oxygens (including phenoxy) is 2. The zero-order valence-corrected chi connectivity index (χ0v) is 31.8. The van der Waals surface area contributed by atoms with Crippen molar-refractivity contribution in [3.63, 3.8) is 0 Å². The number of halogens is 3. The fraction of sp³-hybridized carbons (Fsp3) is 0.450. The van der Waals surface area contributed by atoms with Gasteiger partial charge in [0.2, 0.25) is 5.91 Å². The van der Waals surface area contributed by atoms with Crippen LogP contribution in [0.2, 0.25) is 0 Å². The van der Waals surface area contributed by atoms with Gasteiger partial charge in [-0.2, -0.15) is 18.3 Å². The van der Waals surface area contributed by atoms with Crippen molar-refractivity contribution in [3.05, 3.63) is 71.7 Å². The molecule has 5 amide bonds. The third-order valence-corrected chi connectivity index (χ3v) is 11.1. The molecule has 302 valence electrons. The molecule has 0 aliphatic carbocycles. The number of urea groups is 1. The van der Waals surface area contributed by atoms with Crippen molar-refractivity contribution >= 4 is 46.0 Å². The van der Waals surface area contributed by atoms with Crippen molar-refractivity contribution in [1.29, 1.82) is 0 Å². The second-order valence-corrected chi connectivity index (χ2v) is 14.7. The predicted molar refractivity (Wildman–Crippen MR) is 205 cm³/mol. The average molecular weight is 791 g/mol. The molecule has 7 rings (SSSR count). The van der Waals surface area contributed by atoms with Gasteiger partial charge in [-0.05, 0) is 87.4 Å². The number of methoxy groups -OCH3 is 2. The minimum Gasteiger partial charge on any atom is -0.495 e. The maximum absolute atomic E-state index is 13.5. The zero-order chi connectivity index (χ0) is 40.3. The number of rotatable bonds is 11. The van der Waals surface area contributed by atoms with Gasteiger partial charge in [0.1, 0.15) is 22.9 Å². The average Bonchev–Trinajstić information content (AvgIpc) is 3.63. The van der Waals surface area contributed by atoms with Crippen LogP contribution < -0.4 is 25.0 Å². The number of anilines is 2. The van der Waals surface area contributed by atoms with Crippen LogP contribution in [-0.2, 0) is 11.0 Å². The molecule has 0 atom stereocenters. The first-order chi connectivity index (χ1) is 27.4. The van der Waals surface area contributed by atoms with Crippen molar-refractivity contribution in [2.24, 2.45) is 5.92 Å².